The summed E-state index contributed by atoms with van der Waals surface area (Å²) in [5, 5.41) is 8.14. The third kappa shape index (κ3) is 9.81. The molecule has 0 spiro atoms. The van der Waals surface area contributed by atoms with Crippen molar-refractivity contribution in [2.75, 3.05) is 64.5 Å². The van der Waals surface area contributed by atoms with Crippen molar-refractivity contribution >= 4 is 40.0 Å². The van der Waals surface area contributed by atoms with E-state index in [9.17, 15) is 24.0 Å². The number of thiophene rings is 1. The number of nitrogens with zero attached hydrogens (tertiary/aromatic N) is 5. The Morgan fingerprint density at radius 3 is 2.55 bits per heavy atom. The summed E-state index contributed by atoms with van der Waals surface area (Å²) in [5.41, 5.74) is 1.26. The summed E-state index contributed by atoms with van der Waals surface area (Å²) in [6.07, 6.45) is 6.82. The lowest BCUT2D eigenvalue weighted by atomic mass is 9.96. The van der Waals surface area contributed by atoms with Gasteiger partial charge in [0.1, 0.15) is 11.9 Å². The molecule has 4 N–H and O–H groups in total. The van der Waals surface area contributed by atoms with Gasteiger partial charge >= 0.3 is 11.4 Å². The van der Waals surface area contributed by atoms with Crippen LogP contribution in [0, 0.1) is 0 Å². The highest BCUT2D eigenvalue weighted by atomic mass is 32.1. The summed E-state index contributed by atoms with van der Waals surface area (Å²) in [6.45, 7) is 5.09. The predicted octanol–water partition coefficient (Wildman–Crippen LogP) is 2.33. The van der Waals surface area contributed by atoms with Gasteiger partial charge in [-0.1, -0.05) is 6.07 Å². The Kier molecular flexibility index (Phi) is 12.7. The summed E-state index contributed by atoms with van der Waals surface area (Å²) in [7, 11) is 0. The molecule has 0 saturated carbocycles. The van der Waals surface area contributed by atoms with Gasteiger partial charge in [-0.2, -0.15) is 0 Å². The number of ether oxygens (including phenoxy) is 2. The summed E-state index contributed by atoms with van der Waals surface area (Å²) in [6, 6.07) is 9.19. The van der Waals surface area contributed by atoms with Gasteiger partial charge < -0.3 is 34.4 Å². The molecule has 18 heteroatoms. The quantitative estimate of drug-likeness (QED) is 0.106. The molecule has 2 atom stereocenters. The Hall–Kier alpha value is -5.56. The van der Waals surface area contributed by atoms with E-state index < -0.39 is 17.4 Å². The number of hydrogen-bond acceptors (Lipinski definition) is 14. The van der Waals surface area contributed by atoms with Gasteiger partial charge in [-0.15, -0.1) is 11.3 Å². The molecule has 17 nitrogen and oxygen atoms in total. The van der Waals surface area contributed by atoms with Crippen molar-refractivity contribution in [3.05, 3.63) is 102 Å². The topological polar surface area (TPSA) is 218 Å². The lowest BCUT2D eigenvalue weighted by molar-refractivity contribution is -0.125. The number of nitrogens with one attached hydrogen (secondary N) is 4. The maximum atomic E-state index is 13.2. The normalized spacial score (nSPS) is 17.3. The largest absolute Gasteiger partial charge is 0.419 e. The van der Waals surface area contributed by atoms with Gasteiger partial charge in [0, 0.05) is 68.2 Å². The van der Waals surface area contributed by atoms with Crippen LogP contribution in [-0.4, -0.2) is 112 Å². The number of amides is 2. The molecule has 0 radical (unpaired) electrons. The number of likely N-dealkylation sites (tertiary alicyclic amines) is 2. The maximum absolute atomic E-state index is 13.2. The fourth-order valence-electron chi connectivity index (χ4n) is 7.03. The van der Waals surface area contributed by atoms with Crippen LogP contribution in [-0.2, 0) is 20.8 Å². The van der Waals surface area contributed by atoms with E-state index in [1.54, 1.807) is 17.4 Å². The zero-order valence-corrected chi connectivity index (χ0v) is 31.5. The highest BCUT2D eigenvalue weighted by Gasteiger charge is 2.34. The molecule has 294 valence electrons. The van der Waals surface area contributed by atoms with E-state index >= 15 is 0 Å². The molecular formula is C38H43N9O8S. The highest BCUT2D eigenvalue weighted by molar-refractivity contribution is 7.13. The first-order chi connectivity index (χ1) is 27.3. The zero-order chi connectivity index (χ0) is 38.9. The zero-order valence-electron chi connectivity index (χ0n) is 30.7. The van der Waals surface area contributed by atoms with E-state index in [0.717, 1.165) is 47.9 Å². The van der Waals surface area contributed by atoms with Crippen LogP contribution in [0.15, 0.2) is 73.0 Å². The fraction of sp³-hybridized carbons (Fsp3) is 0.421. The van der Waals surface area contributed by atoms with Crippen LogP contribution in [0.3, 0.4) is 0 Å². The predicted molar refractivity (Wildman–Crippen MR) is 208 cm³/mol. The SMILES string of the molecule is O=C(NCCOCCOCCNc1ncc(CN2CCCC(c3nc(-c4cccs4)cc(=O)[nH]3)C2)cn1)[C@@H]1CCCN1C(=O)c1ccc2c(=O)oc(=O)[nH]c2c1. The van der Waals surface area contributed by atoms with E-state index in [1.807, 2.05) is 29.9 Å². The summed E-state index contributed by atoms with van der Waals surface area (Å²) >= 11 is 1.57. The summed E-state index contributed by atoms with van der Waals surface area (Å²) in [4.78, 5) is 86.0. The molecule has 1 unspecified atom stereocenters. The Labute approximate surface area is 324 Å². The number of benzene rings is 1. The standard InChI is InChI=1S/C38H43N9O8S/c48-32-19-29(31-6-3-17-56-31)43-33(45-32)26-4-1-11-46(23-26)22-24-20-41-37(42-21-24)40-10-14-54-16-15-53-13-9-39-34(49)30-5-2-12-47(30)35(50)25-7-8-27-28(18-25)44-38(52)55-36(27)51/h3,6-8,17-21,26,30H,1-2,4-5,9-16,22-23H2,(H,39,49)(H,44,52)(H,40,41,42)(H,43,45,48)/t26?,30-/m0/s1. The van der Waals surface area contributed by atoms with E-state index in [2.05, 4.69) is 39.9 Å². The molecule has 6 heterocycles. The van der Waals surface area contributed by atoms with Crippen molar-refractivity contribution in [1.82, 2.24) is 40.0 Å². The Bertz CT molecular complexity index is 2290. The van der Waals surface area contributed by atoms with Crippen LogP contribution >= 0.6 is 11.3 Å². The number of piperidine rings is 1. The van der Waals surface area contributed by atoms with Gasteiger partial charge in [-0.05, 0) is 61.9 Å². The van der Waals surface area contributed by atoms with Crippen LogP contribution < -0.4 is 27.6 Å². The summed E-state index contributed by atoms with van der Waals surface area (Å²) in [5.74, 6) is -0.142. The van der Waals surface area contributed by atoms with Gasteiger partial charge in [0.2, 0.25) is 11.9 Å². The van der Waals surface area contributed by atoms with Crippen molar-refractivity contribution in [2.45, 2.75) is 44.2 Å². The molecular weight excluding hydrogens is 743 g/mol. The van der Waals surface area contributed by atoms with Crippen LogP contribution in [0.1, 0.15) is 53.3 Å². The molecule has 1 aromatic carbocycles. The highest BCUT2D eigenvalue weighted by Crippen LogP contribution is 2.28. The van der Waals surface area contributed by atoms with E-state index in [-0.39, 0.29) is 52.9 Å². The molecule has 2 saturated heterocycles. The molecule has 4 aromatic heterocycles. The number of anilines is 1. The van der Waals surface area contributed by atoms with Crippen LogP contribution in [0.25, 0.3) is 21.5 Å². The van der Waals surface area contributed by atoms with E-state index in [1.165, 1.54) is 23.1 Å². The van der Waals surface area contributed by atoms with Crippen LogP contribution in [0.4, 0.5) is 5.95 Å². The second-order valence-electron chi connectivity index (χ2n) is 13.6. The molecule has 56 heavy (non-hydrogen) atoms. The van der Waals surface area contributed by atoms with Gasteiger partial charge in [0.05, 0.1) is 47.9 Å². The molecule has 2 aliphatic rings. The van der Waals surface area contributed by atoms with Crippen molar-refractivity contribution in [3.8, 4) is 10.6 Å². The van der Waals surface area contributed by atoms with Crippen molar-refractivity contribution < 1.29 is 23.5 Å². The lowest BCUT2D eigenvalue weighted by Gasteiger charge is -2.32. The molecule has 2 aliphatic heterocycles. The van der Waals surface area contributed by atoms with E-state index in [0.29, 0.717) is 58.2 Å². The molecule has 2 amide bonds. The first kappa shape index (κ1) is 38.7. The minimum absolute atomic E-state index is 0.129. The lowest BCUT2D eigenvalue weighted by Crippen LogP contribution is -2.46. The number of carbonyl (C=O) groups excluding carboxylic acids is 2. The van der Waals surface area contributed by atoms with Crippen LogP contribution in [0.2, 0.25) is 0 Å². The Morgan fingerprint density at radius 1 is 0.946 bits per heavy atom. The van der Waals surface area contributed by atoms with Crippen molar-refractivity contribution in [1.29, 1.82) is 0 Å². The number of H-pyrrole nitrogens is 2. The van der Waals surface area contributed by atoms with E-state index in [4.69, 9.17) is 14.5 Å². The minimum Gasteiger partial charge on any atom is -0.377 e. The second-order valence-corrected chi connectivity index (χ2v) is 14.6. The van der Waals surface area contributed by atoms with Crippen molar-refractivity contribution in [3.63, 3.8) is 0 Å². The fourth-order valence-corrected chi connectivity index (χ4v) is 7.72. The third-order valence-corrected chi connectivity index (χ3v) is 10.6. The maximum Gasteiger partial charge on any atom is 0.419 e. The Balaban J connectivity index is 0.755. The first-order valence-electron chi connectivity index (χ1n) is 18.6. The number of aromatic nitrogens is 5. The third-order valence-electron chi connectivity index (χ3n) is 9.71. The van der Waals surface area contributed by atoms with Gasteiger partial charge in [0.25, 0.3) is 11.5 Å². The number of fused-ring (bicyclic) bond motifs is 1. The molecule has 0 aliphatic carbocycles. The number of carbonyl (C=O) groups is 2. The molecule has 5 aromatic rings. The van der Waals surface area contributed by atoms with Crippen molar-refractivity contribution in [2.24, 2.45) is 0 Å². The Morgan fingerprint density at radius 2 is 1.75 bits per heavy atom. The number of hydrogen-bond donors (Lipinski definition) is 4. The molecule has 2 fully saturated rings. The average molecular weight is 786 g/mol. The average Bonchev–Trinajstić information content (AvgIpc) is 3.93. The van der Waals surface area contributed by atoms with Gasteiger partial charge in [-0.3, -0.25) is 24.3 Å². The number of aromatic amines is 2. The smallest absolute Gasteiger partial charge is 0.377 e. The van der Waals surface area contributed by atoms with Gasteiger partial charge in [0.15, 0.2) is 0 Å². The second kappa shape index (κ2) is 18.4. The molecule has 7 rings (SSSR count). The first-order valence-corrected chi connectivity index (χ1v) is 19.5. The summed E-state index contributed by atoms with van der Waals surface area (Å²) < 4.78 is 15.8. The monoisotopic (exact) mass is 785 g/mol. The minimum atomic E-state index is -0.906. The number of rotatable bonds is 16. The van der Waals surface area contributed by atoms with Crippen LogP contribution in [0.5, 0.6) is 0 Å². The van der Waals surface area contributed by atoms with Gasteiger partial charge in [-0.25, -0.2) is 24.5 Å². The molecule has 0 bridgehead atoms.